The summed E-state index contributed by atoms with van der Waals surface area (Å²) in [7, 11) is 8.16. The van der Waals surface area contributed by atoms with Gasteiger partial charge in [-0.25, -0.2) is 0 Å². The fourth-order valence-electron chi connectivity index (χ4n) is 10.9. The van der Waals surface area contributed by atoms with Crippen LogP contribution in [0.1, 0.15) is 104 Å². The summed E-state index contributed by atoms with van der Waals surface area (Å²) in [6.45, 7) is 24.4. The minimum absolute atomic E-state index is 0. The Bertz CT molecular complexity index is 1400. The topological polar surface area (TPSA) is 0 Å². The van der Waals surface area contributed by atoms with Crippen molar-refractivity contribution < 1.29 is 20.8 Å². The van der Waals surface area contributed by atoms with E-state index in [1.807, 2.05) is 0 Å². The Morgan fingerprint density at radius 2 is 0.940 bits per heavy atom. The first kappa shape index (κ1) is 43.5. The summed E-state index contributed by atoms with van der Waals surface area (Å²) in [5, 5.41) is 0. The number of fused-ring (bicyclic) bond motifs is 2. The van der Waals surface area contributed by atoms with Crippen LogP contribution in [0.25, 0.3) is 11.1 Å². The van der Waals surface area contributed by atoms with Gasteiger partial charge in [-0.2, -0.15) is 0 Å². The number of hydrogen-bond acceptors (Lipinski definition) is 0. The number of hydrogen-bond donors (Lipinski definition) is 0. The van der Waals surface area contributed by atoms with Crippen LogP contribution in [0.5, 0.6) is 0 Å². The number of rotatable bonds is 6. The van der Waals surface area contributed by atoms with Crippen LogP contribution in [0.3, 0.4) is 0 Å². The molecule has 0 aromatic heterocycles. The van der Waals surface area contributed by atoms with Crippen molar-refractivity contribution in [2.45, 2.75) is 116 Å². The van der Waals surface area contributed by atoms with Gasteiger partial charge in [-0.15, -0.1) is 0 Å². The molecule has 0 amide bonds. The Balaban J connectivity index is 0.00000131. The first-order valence-electron chi connectivity index (χ1n) is 18.7. The predicted molar refractivity (Wildman–Crippen MR) is 225 cm³/mol. The minimum atomic E-state index is -1.71. The SMILES string of the molecule is CC[Si](CC)(C1C(C)CC2C(c3ccc(C(C)(C)C)cc3)=CC=CC21)C1C(C)CC2C(c3ccc(C(C)(C)C)cc3)=CC=CC21.[CH3-].[CH3-].[Cl][Zr+2][Cl]. The summed E-state index contributed by atoms with van der Waals surface area (Å²) < 4.78 is 0. The molecule has 2 saturated carbocycles. The van der Waals surface area contributed by atoms with E-state index in [4.69, 9.17) is 17.0 Å². The average molecular weight is 809 g/mol. The van der Waals surface area contributed by atoms with Crippen LogP contribution in [0, 0.1) is 50.4 Å². The van der Waals surface area contributed by atoms with E-state index in [1.165, 1.54) is 47.2 Å². The Labute approximate surface area is 328 Å². The van der Waals surface area contributed by atoms with Gasteiger partial charge in [0.25, 0.3) is 0 Å². The molecule has 0 bridgehead atoms. The van der Waals surface area contributed by atoms with Crippen LogP contribution in [-0.2, 0) is 31.7 Å². The molecule has 2 aromatic rings. The molecule has 0 saturated heterocycles. The van der Waals surface area contributed by atoms with Gasteiger partial charge < -0.3 is 14.9 Å². The molecule has 4 aliphatic rings. The van der Waals surface area contributed by atoms with Gasteiger partial charge in [0.15, 0.2) is 0 Å². The van der Waals surface area contributed by atoms with Gasteiger partial charge in [0.1, 0.15) is 0 Å². The van der Waals surface area contributed by atoms with Gasteiger partial charge >= 0.3 is 37.9 Å². The van der Waals surface area contributed by atoms with Crippen molar-refractivity contribution >= 4 is 36.2 Å². The van der Waals surface area contributed by atoms with Gasteiger partial charge in [0, 0.05) is 0 Å². The monoisotopic (exact) mass is 806 g/mol. The molecule has 0 nitrogen and oxygen atoms in total. The second kappa shape index (κ2) is 17.5. The van der Waals surface area contributed by atoms with Crippen LogP contribution in [-0.4, -0.2) is 8.07 Å². The Morgan fingerprint density at radius 1 is 0.620 bits per heavy atom. The van der Waals surface area contributed by atoms with E-state index in [1.54, 1.807) is 11.1 Å². The molecule has 50 heavy (non-hydrogen) atoms. The summed E-state index contributed by atoms with van der Waals surface area (Å²) in [4.78, 5) is 0. The van der Waals surface area contributed by atoms with Gasteiger partial charge in [-0.05, 0) is 104 Å². The van der Waals surface area contributed by atoms with E-state index < -0.39 is 28.9 Å². The molecule has 2 fully saturated rings. The molecule has 6 rings (SSSR count). The zero-order valence-electron chi connectivity index (χ0n) is 33.3. The fraction of sp³-hybridized carbons (Fsp3) is 0.522. The summed E-state index contributed by atoms with van der Waals surface area (Å²) in [5.41, 5.74) is 11.1. The molecular formula is C46H66Cl2SiZr. The normalized spacial score (nSPS) is 28.5. The van der Waals surface area contributed by atoms with Crippen LogP contribution in [0.4, 0.5) is 0 Å². The van der Waals surface area contributed by atoms with E-state index in [0.717, 1.165) is 22.9 Å². The molecule has 0 spiro atoms. The van der Waals surface area contributed by atoms with Crippen molar-refractivity contribution in [3.63, 3.8) is 0 Å². The molecular weight excluding hydrogens is 743 g/mol. The molecule has 8 unspecified atom stereocenters. The molecule has 2 aromatic carbocycles. The summed E-state index contributed by atoms with van der Waals surface area (Å²) in [5.74, 6) is 4.26. The molecule has 4 heteroatoms. The van der Waals surface area contributed by atoms with Crippen molar-refractivity contribution in [2.75, 3.05) is 0 Å². The predicted octanol–water partition coefficient (Wildman–Crippen LogP) is 14.9. The molecule has 0 N–H and O–H groups in total. The second-order valence-electron chi connectivity index (χ2n) is 17.5. The standard InChI is InChI=1S/C44H60Si.2CH3.2ClH.Zr/c1-11-45(12-2,41-29(3)27-39-35(15-13-17-37(39)41)31-19-23-33(24-20-31)43(5,6)7)42-30(4)28-40-36(16-14-18-38(40)42)32-21-25-34(26-22-32)44(8,9)10;;;;;/h13-26,29-30,37-42H,11-12,27-28H2,1-10H3;2*1H3;2*1H;/q;2*-1;;;+4/p-2. The number of halogens is 2. The van der Waals surface area contributed by atoms with Crippen molar-refractivity contribution in [1.82, 2.24) is 0 Å². The molecule has 8 atom stereocenters. The number of benzene rings is 2. The molecule has 4 aliphatic carbocycles. The Morgan fingerprint density at radius 3 is 1.22 bits per heavy atom. The van der Waals surface area contributed by atoms with Crippen LogP contribution in [0.15, 0.2) is 85.0 Å². The van der Waals surface area contributed by atoms with Gasteiger partial charge in [-0.3, -0.25) is 0 Å². The third kappa shape index (κ3) is 8.40. The van der Waals surface area contributed by atoms with E-state index >= 15 is 0 Å². The van der Waals surface area contributed by atoms with Crippen molar-refractivity contribution in [1.29, 1.82) is 0 Å². The first-order chi connectivity index (χ1) is 22.7. The molecule has 0 heterocycles. The van der Waals surface area contributed by atoms with E-state index in [-0.39, 0.29) is 25.7 Å². The second-order valence-corrected chi connectivity index (χ2v) is 26.5. The first-order valence-corrected chi connectivity index (χ1v) is 27.6. The third-order valence-corrected chi connectivity index (χ3v) is 20.3. The van der Waals surface area contributed by atoms with E-state index in [2.05, 4.69) is 154 Å². The maximum atomic E-state index is 4.93. The Kier molecular flexibility index (Phi) is 15.2. The Hall–Kier alpha value is -0.920. The van der Waals surface area contributed by atoms with Gasteiger partial charge in [0.2, 0.25) is 0 Å². The average Bonchev–Trinajstić information content (AvgIpc) is 3.58. The summed E-state index contributed by atoms with van der Waals surface area (Å²) in [6, 6.07) is 22.0. The number of allylic oxidation sites excluding steroid dienone is 8. The van der Waals surface area contributed by atoms with E-state index in [9.17, 15) is 0 Å². The molecule has 0 aliphatic heterocycles. The summed E-state index contributed by atoms with van der Waals surface area (Å²) in [6.07, 6.45) is 17.8. The quantitative estimate of drug-likeness (QED) is 0.201. The zero-order chi connectivity index (χ0) is 35.0. The van der Waals surface area contributed by atoms with Crippen LogP contribution < -0.4 is 0 Å². The van der Waals surface area contributed by atoms with Crippen LogP contribution >= 0.6 is 17.0 Å². The molecule has 272 valence electrons. The van der Waals surface area contributed by atoms with Crippen molar-refractivity contribution in [3.05, 3.63) is 122 Å². The van der Waals surface area contributed by atoms with Gasteiger partial charge in [0.05, 0.1) is 8.07 Å². The van der Waals surface area contributed by atoms with Crippen molar-refractivity contribution in [2.24, 2.45) is 35.5 Å². The molecule has 0 radical (unpaired) electrons. The zero-order valence-corrected chi connectivity index (χ0v) is 38.3. The third-order valence-electron chi connectivity index (χ3n) is 13.1. The van der Waals surface area contributed by atoms with Crippen molar-refractivity contribution in [3.8, 4) is 0 Å². The van der Waals surface area contributed by atoms with Crippen LogP contribution in [0.2, 0.25) is 23.2 Å². The van der Waals surface area contributed by atoms with Gasteiger partial charge in [-0.1, -0.05) is 166 Å². The maximum absolute atomic E-state index is 4.93. The summed E-state index contributed by atoms with van der Waals surface area (Å²) >= 11 is -0.826. The fourth-order valence-corrected chi connectivity index (χ4v) is 18.5. The van der Waals surface area contributed by atoms with E-state index in [0.29, 0.717) is 23.7 Å².